The normalized spacial score (nSPS) is 12.2. The Morgan fingerprint density at radius 3 is 2.44 bits per heavy atom. The number of ether oxygens (including phenoxy) is 2. The fourth-order valence-electron chi connectivity index (χ4n) is 1.12. The molecule has 0 bridgehead atoms. The van der Waals surface area contributed by atoms with Crippen molar-refractivity contribution in [3.63, 3.8) is 0 Å². The maximum absolute atomic E-state index is 11.7. The molecule has 0 aliphatic carbocycles. The summed E-state index contributed by atoms with van der Waals surface area (Å²) >= 11 is 0. The van der Waals surface area contributed by atoms with E-state index in [0.29, 0.717) is 0 Å². The highest BCUT2D eigenvalue weighted by atomic mass is 16.5. The van der Waals surface area contributed by atoms with Crippen LogP contribution in [0, 0.1) is 0 Å². The summed E-state index contributed by atoms with van der Waals surface area (Å²) < 4.78 is 9.52. The van der Waals surface area contributed by atoms with Crippen molar-refractivity contribution in [3.05, 3.63) is 0 Å². The number of hydrogen-bond acceptors (Lipinski definition) is 5. The number of methoxy groups -OCH3 is 2. The molecule has 0 aromatic rings. The van der Waals surface area contributed by atoms with Crippen LogP contribution in [-0.4, -0.2) is 68.4 Å². The van der Waals surface area contributed by atoms with Crippen molar-refractivity contribution in [1.29, 1.82) is 0 Å². The minimum absolute atomic E-state index is 0.0575. The van der Waals surface area contributed by atoms with Gasteiger partial charge in [-0.15, -0.1) is 0 Å². The molecule has 0 aromatic carbocycles. The SMILES string of the molecule is COCCN(CC(=O)O)C(=O)C(N)COC. The van der Waals surface area contributed by atoms with E-state index in [1.807, 2.05) is 0 Å². The lowest BCUT2D eigenvalue weighted by Crippen LogP contribution is -2.48. The van der Waals surface area contributed by atoms with Gasteiger partial charge >= 0.3 is 5.97 Å². The highest BCUT2D eigenvalue weighted by molar-refractivity contribution is 5.85. The van der Waals surface area contributed by atoms with Gasteiger partial charge in [0.05, 0.1) is 13.2 Å². The monoisotopic (exact) mass is 234 g/mol. The van der Waals surface area contributed by atoms with Crippen LogP contribution in [0.3, 0.4) is 0 Å². The molecule has 0 aromatic heterocycles. The van der Waals surface area contributed by atoms with Crippen LogP contribution in [0.1, 0.15) is 0 Å². The maximum atomic E-state index is 11.7. The summed E-state index contributed by atoms with van der Waals surface area (Å²) in [5.74, 6) is -1.55. The summed E-state index contributed by atoms with van der Waals surface area (Å²) in [4.78, 5) is 23.4. The Bertz CT molecular complexity index is 234. The van der Waals surface area contributed by atoms with Gasteiger partial charge in [-0.2, -0.15) is 0 Å². The molecule has 1 atom stereocenters. The standard InChI is InChI=1S/C9H18N2O5/c1-15-4-3-11(5-8(12)13)9(14)7(10)6-16-2/h7H,3-6,10H2,1-2H3,(H,12,13). The first-order valence-corrected chi connectivity index (χ1v) is 4.77. The first kappa shape index (κ1) is 14.8. The first-order valence-electron chi connectivity index (χ1n) is 4.77. The molecule has 0 rings (SSSR count). The topological polar surface area (TPSA) is 102 Å². The summed E-state index contributed by atoms with van der Waals surface area (Å²) in [5, 5.41) is 8.64. The smallest absolute Gasteiger partial charge is 0.323 e. The molecule has 3 N–H and O–H groups in total. The van der Waals surface area contributed by atoms with Crippen LogP contribution in [0.2, 0.25) is 0 Å². The van der Waals surface area contributed by atoms with Crippen LogP contribution in [-0.2, 0) is 19.1 Å². The number of carbonyl (C=O) groups is 2. The van der Waals surface area contributed by atoms with Crippen molar-refractivity contribution in [2.75, 3.05) is 40.5 Å². The molecule has 0 saturated heterocycles. The van der Waals surface area contributed by atoms with Crippen LogP contribution in [0.4, 0.5) is 0 Å². The molecule has 0 radical (unpaired) electrons. The Labute approximate surface area is 94.1 Å². The highest BCUT2D eigenvalue weighted by Gasteiger charge is 2.22. The second-order valence-corrected chi connectivity index (χ2v) is 3.21. The lowest BCUT2D eigenvalue weighted by molar-refractivity contribution is -0.145. The Balaban J connectivity index is 4.35. The third kappa shape index (κ3) is 5.64. The molecule has 0 aliphatic rings. The zero-order valence-corrected chi connectivity index (χ0v) is 9.51. The fourth-order valence-corrected chi connectivity index (χ4v) is 1.12. The van der Waals surface area contributed by atoms with E-state index in [4.69, 9.17) is 20.3 Å². The van der Waals surface area contributed by atoms with E-state index < -0.39 is 17.9 Å². The number of rotatable bonds is 8. The van der Waals surface area contributed by atoms with Gasteiger partial charge < -0.3 is 25.2 Å². The number of carbonyl (C=O) groups excluding carboxylic acids is 1. The summed E-state index contributed by atoms with van der Waals surface area (Å²) in [6.07, 6.45) is 0. The molecule has 7 nitrogen and oxygen atoms in total. The van der Waals surface area contributed by atoms with Crippen molar-refractivity contribution in [2.45, 2.75) is 6.04 Å². The summed E-state index contributed by atoms with van der Waals surface area (Å²) in [6.45, 7) is 0.124. The predicted octanol–water partition coefficient (Wildman–Crippen LogP) is -1.48. The second kappa shape index (κ2) is 8.03. The van der Waals surface area contributed by atoms with Gasteiger partial charge in [-0.05, 0) is 0 Å². The van der Waals surface area contributed by atoms with Crippen LogP contribution >= 0.6 is 0 Å². The number of nitrogens with zero attached hydrogens (tertiary/aromatic N) is 1. The Kier molecular flexibility index (Phi) is 7.44. The van der Waals surface area contributed by atoms with Crippen molar-refractivity contribution >= 4 is 11.9 Å². The predicted molar refractivity (Wildman–Crippen MR) is 55.9 cm³/mol. The van der Waals surface area contributed by atoms with E-state index in [-0.39, 0.29) is 26.3 Å². The van der Waals surface area contributed by atoms with E-state index >= 15 is 0 Å². The molecule has 16 heavy (non-hydrogen) atoms. The average Bonchev–Trinajstić information content (AvgIpc) is 2.23. The van der Waals surface area contributed by atoms with Gasteiger partial charge in [0.2, 0.25) is 5.91 Å². The van der Waals surface area contributed by atoms with Crippen molar-refractivity contribution in [1.82, 2.24) is 4.90 Å². The Morgan fingerprint density at radius 2 is 2.00 bits per heavy atom. The molecule has 0 spiro atoms. The van der Waals surface area contributed by atoms with E-state index in [1.165, 1.54) is 14.2 Å². The number of nitrogens with two attached hydrogens (primary N) is 1. The number of carboxylic acid groups (broad SMARTS) is 1. The molecular weight excluding hydrogens is 216 g/mol. The summed E-state index contributed by atoms with van der Waals surface area (Å²) in [7, 11) is 2.89. The van der Waals surface area contributed by atoms with E-state index in [2.05, 4.69) is 0 Å². The van der Waals surface area contributed by atoms with Gasteiger partial charge in [-0.3, -0.25) is 9.59 Å². The van der Waals surface area contributed by atoms with Crippen LogP contribution < -0.4 is 5.73 Å². The van der Waals surface area contributed by atoms with Gasteiger partial charge in [0.15, 0.2) is 0 Å². The third-order valence-electron chi connectivity index (χ3n) is 1.87. The fraction of sp³-hybridized carbons (Fsp3) is 0.778. The molecule has 1 unspecified atom stereocenters. The summed E-state index contributed by atoms with van der Waals surface area (Å²) in [6, 6.07) is -0.846. The van der Waals surface area contributed by atoms with Crippen molar-refractivity contribution in [2.24, 2.45) is 5.73 Å². The van der Waals surface area contributed by atoms with Crippen LogP contribution in [0.5, 0.6) is 0 Å². The van der Waals surface area contributed by atoms with Crippen LogP contribution in [0.25, 0.3) is 0 Å². The molecule has 0 aliphatic heterocycles. The van der Waals surface area contributed by atoms with Gasteiger partial charge in [0, 0.05) is 20.8 Å². The number of carboxylic acids is 1. The minimum Gasteiger partial charge on any atom is -0.480 e. The van der Waals surface area contributed by atoms with Crippen molar-refractivity contribution < 1.29 is 24.2 Å². The Hall–Kier alpha value is -1.18. The quantitative estimate of drug-likeness (QED) is 0.531. The zero-order valence-electron chi connectivity index (χ0n) is 9.51. The molecule has 7 heteroatoms. The largest absolute Gasteiger partial charge is 0.480 e. The Morgan fingerprint density at radius 1 is 1.38 bits per heavy atom. The highest BCUT2D eigenvalue weighted by Crippen LogP contribution is 1.95. The second-order valence-electron chi connectivity index (χ2n) is 3.21. The van der Waals surface area contributed by atoms with Gasteiger partial charge in [-0.25, -0.2) is 0 Å². The van der Waals surface area contributed by atoms with E-state index in [9.17, 15) is 9.59 Å². The molecule has 0 heterocycles. The molecule has 0 saturated carbocycles. The molecule has 1 amide bonds. The summed E-state index contributed by atoms with van der Waals surface area (Å²) in [5.41, 5.74) is 5.53. The first-order chi connectivity index (χ1) is 7.52. The number of amides is 1. The van der Waals surface area contributed by atoms with E-state index in [1.54, 1.807) is 0 Å². The van der Waals surface area contributed by atoms with Gasteiger partial charge in [-0.1, -0.05) is 0 Å². The molecular formula is C9H18N2O5. The molecule has 0 fully saturated rings. The van der Waals surface area contributed by atoms with Crippen molar-refractivity contribution in [3.8, 4) is 0 Å². The zero-order chi connectivity index (χ0) is 12.6. The lowest BCUT2D eigenvalue weighted by atomic mass is 10.2. The molecule has 94 valence electrons. The van der Waals surface area contributed by atoms with Gasteiger partial charge in [0.25, 0.3) is 0 Å². The lowest BCUT2D eigenvalue weighted by Gasteiger charge is -2.23. The minimum atomic E-state index is -1.09. The average molecular weight is 234 g/mol. The van der Waals surface area contributed by atoms with Crippen LogP contribution in [0.15, 0.2) is 0 Å². The van der Waals surface area contributed by atoms with Gasteiger partial charge in [0.1, 0.15) is 12.6 Å². The third-order valence-corrected chi connectivity index (χ3v) is 1.87. The number of hydrogen-bond donors (Lipinski definition) is 2. The number of aliphatic carboxylic acids is 1. The van der Waals surface area contributed by atoms with E-state index in [0.717, 1.165) is 4.90 Å². The maximum Gasteiger partial charge on any atom is 0.323 e.